The van der Waals surface area contributed by atoms with Gasteiger partial charge in [0.25, 0.3) is 0 Å². The molecule has 37 heavy (non-hydrogen) atoms. The molecule has 1 atom stereocenters. The first-order valence-corrected chi connectivity index (χ1v) is 12.6. The van der Waals surface area contributed by atoms with Gasteiger partial charge < -0.3 is 5.73 Å². The van der Waals surface area contributed by atoms with Crippen LogP contribution in [0.3, 0.4) is 0 Å². The second-order valence-corrected chi connectivity index (χ2v) is 11.5. The fourth-order valence-electron chi connectivity index (χ4n) is 4.19. The van der Waals surface area contributed by atoms with Crippen LogP contribution in [0.5, 0.6) is 0 Å². The summed E-state index contributed by atoms with van der Waals surface area (Å²) in [5, 5.41) is 0. The first kappa shape index (κ1) is 28.7. The van der Waals surface area contributed by atoms with Crippen LogP contribution >= 0.6 is 0 Å². The topological polar surface area (TPSA) is 72.2 Å². The van der Waals surface area contributed by atoms with Gasteiger partial charge in [0.15, 0.2) is 0 Å². The Morgan fingerprint density at radius 1 is 0.676 bits per heavy atom. The van der Waals surface area contributed by atoms with Crippen LogP contribution in [0.25, 0.3) is 0 Å². The zero-order valence-electron chi connectivity index (χ0n) is 20.2. The number of hydrogen-bond acceptors (Lipinski definition) is 3. The second-order valence-electron chi connectivity index (χ2n) is 9.76. The van der Waals surface area contributed by atoms with E-state index in [1.807, 2.05) is 0 Å². The fourth-order valence-corrected chi connectivity index (χ4v) is 5.74. The SMILES string of the molecule is CC(C)(C)[C@H](NS(=O)(=O)c1cc(C(F)(F)F)cc(C(F)(F)F)c1)C(N)(c1ccccc1)c1ccccc1. The van der Waals surface area contributed by atoms with Crippen LogP contribution in [0.2, 0.25) is 0 Å². The van der Waals surface area contributed by atoms with Gasteiger partial charge in [-0.2, -0.15) is 26.3 Å². The number of benzene rings is 3. The van der Waals surface area contributed by atoms with Gasteiger partial charge in [0.05, 0.1) is 27.6 Å². The van der Waals surface area contributed by atoms with Crippen molar-refractivity contribution >= 4 is 10.0 Å². The zero-order chi connectivity index (χ0) is 27.9. The molecule has 3 N–H and O–H groups in total. The third-order valence-corrected chi connectivity index (χ3v) is 7.37. The molecule has 3 aromatic rings. The van der Waals surface area contributed by atoms with Gasteiger partial charge in [-0.1, -0.05) is 81.4 Å². The largest absolute Gasteiger partial charge is 0.416 e. The Hall–Kier alpha value is -2.89. The standard InChI is InChI=1S/C26H26F6N2O2S/c1-23(2,3)22(24(33,17-10-6-4-7-11-17)18-12-8-5-9-13-18)34-37(35,36)21-15-19(25(27,28)29)14-20(16-21)26(30,31)32/h4-16,22,34H,33H2,1-3H3/t22-/m0/s1. The van der Waals surface area contributed by atoms with Crippen molar-refractivity contribution in [3.05, 3.63) is 101 Å². The molecule has 3 rings (SSSR count). The van der Waals surface area contributed by atoms with E-state index in [-0.39, 0.29) is 18.2 Å². The molecule has 0 fully saturated rings. The van der Waals surface area contributed by atoms with E-state index < -0.39 is 55.4 Å². The minimum Gasteiger partial charge on any atom is -0.316 e. The van der Waals surface area contributed by atoms with Gasteiger partial charge in [0, 0.05) is 0 Å². The number of sulfonamides is 1. The lowest BCUT2D eigenvalue weighted by Crippen LogP contribution is -2.62. The average Bonchev–Trinajstić information content (AvgIpc) is 2.81. The van der Waals surface area contributed by atoms with Gasteiger partial charge in [-0.3, -0.25) is 0 Å². The molecule has 0 unspecified atom stereocenters. The molecule has 0 aliphatic heterocycles. The maximum Gasteiger partial charge on any atom is 0.416 e. The first-order chi connectivity index (χ1) is 16.9. The van der Waals surface area contributed by atoms with Gasteiger partial charge in [-0.05, 0) is 34.7 Å². The average molecular weight is 545 g/mol. The van der Waals surface area contributed by atoms with E-state index in [1.54, 1.807) is 81.4 Å². The van der Waals surface area contributed by atoms with Crippen molar-refractivity contribution in [2.24, 2.45) is 11.1 Å². The maximum atomic E-state index is 13.5. The van der Waals surface area contributed by atoms with Gasteiger partial charge in [-0.25, -0.2) is 13.1 Å². The summed E-state index contributed by atoms with van der Waals surface area (Å²) in [6.07, 6.45) is -10.4. The highest BCUT2D eigenvalue weighted by atomic mass is 32.2. The van der Waals surface area contributed by atoms with Crippen LogP contribution in [0.4, 0.5) is 26.3 Å². The minimum absolute atomic E-state index is 0.124. The summed E-state index contributed by atoms with van der Waals surface area (Å²) in [7, 11) is -4.94. The normalized spacial score (nSPS) is 14.4. The summed E-state index contributed by atoms with van der Waals surface area (Å²) in [6, 6.07) is 15.9. The fraction of sp³-hybridized carbons (Fsp3) is 0.308. The third kappa shape index (κ3) is 6.16. The Bertz CT molecular complexity index is 1260. The minimum atomic E-state index is -5.21. The smallest absolute Gasteiger partial charge is 0.316 e. The van der Waals surface area contributed by atoms with Crippen molar-refractivity contribution in [3.8, 4) is 0 Å². The van der Waals surface area contributed by atoms with E-state index in [9.17, 15) is 34.8 Å². The van der Waals surface area contributed by atoms with Gasteiger partial charge in [-0.15, -0.1) is 0 Å². The summed E-state index contributed by atoms with van der Waals surface area (Å²) in [5.41, 5.74) is 1.97. The Morgan fingerprint density at radius 3 is 1.38 bits per heavy atom. The Kier molecular flexibility index (Phi) is 7.57. The highest BCUT2D eigenvalue weighted by Gasteiger charge is 2.47. The molecule has 11 heteroatoms. The molecule has 0 aliphatic rings. The lowest BCUT2D eigenvalue weighted by molar-refractivity contribution is -0.143. The number of nitrogens with two attached hydrogens (primary N) is 1. The van der Waals surface area contributed by atoms with Gasteiger partial charge >= 0.3 is 12.4 Å². The van der Waals surface area contributed by atoms with E-state index in [0.717, 1.165) is 0 Å². The molecule has 0 saturated heterocycles. The quantitative estimate of drug-likeness (QED) is 0.357. The van der Waals surface area contributed by atoms with Crippen molar-refractivity contribution in [3.63, 3.8) is 0 Å². The molecule has 3 aromatic carbocycles. The molecule has 0 aliphatic carbocycles. The van der Waals surface area contributed by atoms with Crippen LogP contribution in [0.1, 0.15) is 43.0 Å². The molecular formula is C26H26F6N2O2S. The summed E-state index contributed by atoms with van der Waals surface area (Å²) < 4.78 is 110. The molecule has 0 amide bonds. The summed E-state index contributed by atoms with van der Waals surface area (Å²) in [6.45, 7) is 5.00. The number of rotatable bonds is 6. The van der Waals surface area contributed by atoms with E-state index in [0.29, 0.717) is 11.1 Å². The van der Waals surface area contributed by atoms with Crippen LogP contribution < -0.4 is 10.5 Å². The van der Waals surface area contributed by atoms with Crippen LogP contribution in [0, 0.1) is 5.41 Å². The summed E-state index contributed by atoms with van der Waals surface area (Å²) in [5.74, 6) is 0. The molecule has 0 bridgehead atoms. The highest BCUT2D eigenvalue weighted by Crippen LogP contribution is 2.41. The molecule has 0 radical (unpaired) electrons. The number of alkyl halides is 6. The van der Waals surface area contributed by atoms with E-state index in [2.05, 4.69) is 4.72 Å². The van der Waals surface area contributed by atoms with Crippen LogP contribution in [0.15, 0.2) is 83.8 Å². The first-order valence-electron chi connectivity index (χ1n) is 11.1. The third-order valence-electron chi connectivity index (χ3n) is 5.97. The van der Waals surface area contributed by atoms with Crippen molar-refractivity contribution < 1.29 is 34.8 Å². The molecule has 0 heterocycles. The number of halogens is 6. The second kappa shape index (κ2) is 9.77. The molecule has 0 spiro atoms. The monoisotopic (exact) mass is 544 g/mol. The predicted molar refractivity (Wildman–Crippen MR) is 128 cm³/mol. The number of nitrogens with one attached hydrogen (secondary N) is 1. The van der Waals surface area contributed by atoms with E-state index in [4.69, 9.17) is 5.73 Å². The van der Waals surface area contributed by atoms with Gasteiger partial charge in [0.2, 0.25) is 10.0 Å². The molecule has 4 nitrogen and oxygen atoms in total. The lowest BCUT2D eigenvalue weighted by atomic mass is 9.68. The lowest BCUT2D eigenvalue weighted by Gasteiger charge is -2.45. The summed E-state index contributed by atoms with van der Waals surface area (Å²) in [4.78, 5) is -1.17. The van der Waals surface area contributed by atoms with Crippen molar-refractivity contribution in [1.82, 2.24) is 4.72 Å². The van der Waals surface area contributed by atoms with Gasteiger partial charge in [0.1, 0.15) is 0 Å². The van der Waals surface area contributed by atoms with E-state index in [1.165, 1.54) is 0 Å². The maximum absolute atomic E-state index is 13.5. The molecule has 0 aromatic heterocycles. The van der Waals surface area contributed by atoms with Crippen molar-refractivity contribution in [2.75, 3.05) is 0 Å². The molecule has 0 saturated carbocycles. The zero-order valence-corrected chi connectivity index (χ0v) is 21.0. The van der Waals surface area contributed by atoms with E-state index >= 15 is 0 Å². The Labute approximate surface area is 211 Å². The Morgan fingerprint density at radius 2 is 1.05 bits per heavy atom. The highest BCUT2D eigenvalue weighted by molar-refractivity contribution is 7.89. The molecule has 200 valence electrons. The Balaban J connectivity index is 2.24. The molecular weight excluding hydrogens is 518 g/mol. The van der Waals surface area contributed by atoms with Crippen molar-refractivity contribution in [1.29, 1.82) is 0 Å². The van der Waals surface area contributed by atoms with Crippen LogP contribution in [-0.2, 0) is 27.9 Å². The van der Waals surface area contributed by atoms with Crippen molar-refractivity contribution in [2.45, 2.75) is 49.6 Å². The van der Waals surface area contributed by atoms with Crippen LogP contribution in [-0.4, -0.2) is 14.5 Å². The predicted octanol–water partition coefficient (Wildman–Crippen LogP) is 6.32. The summed E-state index contributed by atoms with van der Waals surface area (Å²) >= 11 is 0. The number of hydrogen-bond donors (Lipinski definition) is 2.